The second-order valence-electron chi connectivity index (χ2n) is 10.0. The first-order valence-corrected chi connectivity index (χ1v) is 11.5. The van der Waals surface area contributed by atoms with E-state index in [-0.39, 0.29) is 30.8 Å². The number of rotatable bonds is 4. The third kappa shape index (κ3) is 4.19. The summed E-state index contributed by atoms with van der Waals surface area (Å²) in [6, 6.07) is -0.239. The average molecular weight is 453 g/mol. The summed E-state index contributed by atoms with van der Waals surface area (Å²) >= 11 is 0. The number of hydrogen-bond acceptors (Lipinski definition) is 4. The second-order valence-corrected chi connectivity index (χ2v) is 10.0. The highest BCUT2D eigenvalue weighted by atomic mass is 19.4. The SMILES string of the molecule is CC(C1CCCC(N2CC3C(CCCC3C(F)(F)F)C2=O)C1)C(F)(F)C1NNCN1C. The third-order valence-corrected chi connectivity index (χ3v) is 8.31. The van der Waals surface area contributed by atoms with Crippen molar-refractivity contribution in [3.05, 3.63) is 0 Å². The number of nitrogens with zero attached hydrogens (tertiary/aromatic N) is 2. The van der Waals surface area contributed by atoms with E-state index in [1.165, 1.54) is 4.90 Å². The number of fused-ring (bicyclic) bond motifs is 1. The zero-order chi connectivity index (χ0) is 22.6. The Morgan fingerprint density at radius 2 is 1.77 bits per heavy atom. The second kappa shape index (κ2) is 8.41. The van der Waals surface area contributed by atoms with Crippen LogP contribution in [0.3, 0.4) is 0 Å². The highest BCUT2D eigenvalue weighted by Crippen LogP contribution is 2.50. The minimum Gasteiger partial charge on any atom is -0.339 e. The Balaban J connectivity index is 1.45. The van der Waals surface area contributed by atoms with Crippen molar-refractivity contribution in [1.82, 2.24) is 20.7 Å². The number of carbonyl (C=O) groups is 1. The van der Waals surface area contributed by atoms with Crippen LogP contribution in [-0.2, 0) is 4.79 Å². The maximum absolute atomic E-state index is 15.2. The Bertz CT molecular complexity index is 675. The van der Waals surface area contributed by atoms with Gasteiger partial charge in [-0.1, -0.05) is 19.8 Å². The molecule has 10 heteroatoms. The molecule has 178 valence electrons. The molecule has 2 N–H and O–H groups in total. The van der Waals surface area contributed by atoms with E-state index in [1.54, 1.807) is 18.9 Å². The average Bonchev–Trinajstić information content (AvgIpc) is 3.30. The molecule has 0 aromatic heterocycles. The molecule has 0 bridgehead atoms. The minimum absolute atomic E-state index is 0.0816. The molecular weight excluding hydrogens is 419 g/mol. The third-order valence-electron chi connectivity index (χ3n) is 8.31. The zero-order valence-electron chi connectivity index (χ0n) is 18.1. The molecule has 2 saturated carbocycles. The summed E-state index contributed by atoms with van der Waals surface area (Å²) in [5.41, 5.74) is 5.39. The first kappa shape index (κ1) is 23.2. The molecule has 2 aliphatic heterocycles. The number of hydrogen-bond donors (Lipinski definition) is 2. The van der Waals surface area contributed by atoms with Gasteiger partial charge < -0.3 is 4.90 Å². The van der Waals surface area contributed by atoms with E-state index in [1.807, 2.05) is 0 Å². The van der Waals surface area contributed by atoms with E-state index in [9.17, 15) is 18.0 Å². The van der Waals surface area contributed by atoms with Crippen LogP contribution in [0.25, 0.3) is 0 Å². The van der Waals surface area contributed by atoms with E-state index in [2.05, 4.69) is 10.9 Å². The van der Waals surface area contributed by atoms with Crippen LogP contribution in [0.4, 0.5) is 22.0 Å². The van der Waals surface area contributed by atoms with Crippen molar-refractivity contribution in [3.8, 4) is 0 Å². The van der Waals surface area contributed by atoms with Gasteiger partial charge in [0.15, 0.2) is 0 Å². The lowest BCUT2D eigenvalue weighted by Crippen LogP contribution is -2.55. The quantitative estimate of drug-likeness (QED) is 0.641. The van der Waals surface area contributed by atoms with Crippen LogP contribution >= 0.6 is 0 Å². The Morgan fingerprint density at radius 1 is 1.06 bits per heavy atom. The molecule has 0 radical (unpaired) electrons. The smallest absolute Gasteiger partial charge is 0.339 e. The van der Waals surface area contributed by atoms with E-state index in [4.69, 9.17) is 0 Å². The van der Waals surface area contributed by atoms with Gasteiger partial charge >= 0.3 is 6.18 Å². The van der Waals surface area contributed by atoms with Gasteiger partial charge in [0, 0.05) is 24.4 Å². The predicted octanol–water partition coefficient (Wildman–Crippen LogP) is 3.58. The van der Waals surface area contributed by atoms with Gasteiger partial charge in [-0.25, -0.2) is 19.6 Å². The van der Waals surface area contributed by atoms with Crippen LogP contribution in [0.15, 0.2) is 0 Å². The summed E-state index contributed by atoms with van der Waals surface area (Å²) in [5.74, 6) is -7.04. The lowest BCUT2D eigenvalue weighted by atomic mass is 9.73. The summed E-state index contributed by atoms with van der Waals surface area (Å²) in [6.07, 6.45) is -1.92. The van der Waals surface area contributed by atoms with Gasteiger partial charge in [0.25, 0.3) is 5.92 Å². The van der Waals surface area contributed by atoms with Crippen molar-refractivity contribution in [1.29, 1.82) is 0 Å². The van der Waals surface area contributed by atoms with E-state index < -0.39 is 41.9 Å². The highest BCUT2D eigenvalue weighted by molar-refractivity contribution is 5.82. The van der Waals surface area contributed by atoms with E-state index in [0.717, 1.165) is 0 Å². The molecule has 4 rings (SSSR count). The molecular formula is C21H33F5N4O. The van der Waals surface area contributed by atoms with Gasteiger partial charge in [0.2, 0.25) is 5.91 Å². The lowest BCUT2D eigenvalue weighted by Gasteiger charge is -2.42. The molecule has 31 heavy (non-hydrogen) atoms. The molecule has 4 fully saturated rings. The fourth-order valence-corrected chi connectivity index (χ4v) is 6.45. The van der Waals surface area contributed by atoms with Crippen LogP contribution in [0.1, 0.15) is 51.9 Å². The van der Waals surface area contributed by atoms with Crippen LogP contribution < -0.4 is 10.9 Å². The fraction of sp³-hybridized carbons (Fsp3) is 0.952. The minimum atomic E-state index is -4.29. The standard InChI is InChI=1S/C21H33F5N4O/c1-12(20(22,23)19-28-27-11-29(19)2)13-5-3-6-14(9-13)30-10-16-15(18(30)31)7-4-8-17(16)21(24,25)26/h12-17,19,27-28H,3-11H2,1-2H3. The summed E-state index contributed by atoms with van der Waals surface area (Å²) < 4.78 is 71.0. The van der Waals surface area contributed by atoms with Crippen LogP contribution in [-0.4, -0.2) is 60.3 Å². The number of carbonyl (C=O) groups excluding carboxylic acids is 1. The Labute approximate surface area is 180 Å². The van der Waals surface area contributed by atoms with Gasteiger partial charge in [0.05, 0.1) is 12.6 Å². The predicted molar refractivity (Wildman–Crippen MR) is 105 cm³/mol. The van der Waals surface area contributed by atoms with Crippen molar-refractivity contribution in [2.75, 3.05) is 20.3 Å². The normalized spacial score (nSPS) is 39.1. The molecule has 0 aromatic rings. The Hall–Kier alpha value is -1.00. The van der Waals surface area contributed by atoms with Crippen molar-refractivity contribution >= 4 is 5.91 Å². The maximum atomic E-state index is 15.2. The summed E-state index contributed by atoms with van der Waals surface area (Å²) in [4.78, 5) is 16.2. The van der Waals surface area contributed by atoms with Crippen molar-refractivity contribution < 1.29 is 26.7 Å². The zero-order valence-corrected chi connectivity index (χ0v) is 18.1. The molecule has 1 amide bonds. The first-order chi connectivity index (χ1) is 14.5. The number of amides is 1. The molecule has 0 aromatic carbocycles. The van der Waals surface area contributed by atoms with Gasteiger partial charge in [-0.2, -0.15) is 13.2 Å². The maximum Gasteiger partial charge on any atom is 0.392 e. The van der Waals surface area contributed by atoms with Crippen molar-refractivity contribution in [2.24, 2.45) is 29.6 Å². The van der Waals surface area contributed by atoms with Crippen LogP contribution in [0, 0.1) is 29.6 Å². The topological polar surface area (TPSA) is 47.6 Å². The van der Waals surface area contributed by atoms with Crippen molar-refractivity contribution in [3.63, 3.8) is 0 Å². The van der Waals surface area contributed by atoms with Gasteiger partial charge in [0.1, 0.15) is 6.17 Å². The molecule has 5 nitrogen and oxygen atoms in total. The van der Waals surface area contributed by atoms with Gasteiger partial charge in [-0.15, -0.1) is 0 Å². The Morgan fingerprint density at radius 3 is 2.42 bits per heavy atom. The molecule has 2 aliphatic carbocycles. The van der Waals surface area contributed by atoms with Gasteiger partial charge in [-0.05, 0) is 51.0 Å². The number of hydrazine groups is 1. The van der Waals surface area contributed by atoms with Gasteiger partial charge in [-0.3, -0.25) is 9.69 Å². The largest absolute Gasteiger partial charge is 0.392 e. The number of halogens is 5. The van der Waals surface area contributed by atoms with Crippen LogP contribution in [0.5, 0.6) is 0 Å². The molecule has 0 spiro atoms. The Kier molecular flexibility index (Phi) is 6.28. The molecule has 7 atom stereocenters. The molecule has 2 saturated heterocycles. The molecule has 2 heterocycles. The van der Waals surface area contributed by atoms with Crippen LogP contribution in [0.2, 0.25) is 0 Å². The van der Waals surface area contributed by atoms with E-state index in [0.29, 0.717) is 45.2 Å². The summed E-state index contributed by atoms with van der Waals surface area (Å²) in [7, 11) is 1.63. The number of likely N-dealkylation sites (tertiary alicyclic amines) is 1. The number of alkyl halides is 5. The first-order valence-electron chi connectivity index (χ1n) is 11.5. The molecule has 4 aliphatic rings. The van der Waals surface area contributed by atoms with E-state index >= 15 is 8.78 Å². The highest BCUT2D eigenvalue weighted by Gasteiger charge is 2.56. The summed E-state index contributed by atoms with van der Waals surface area (Å²) in [5, 5.41) is 0. The monoisotopic (exact) mass is 452 g/mol. The molecule has 7 unspecified atom stereocenters. The van der Waals surface area contributed by atoms with Crippen molar-refractivity contribution in [2.45, 2.75) is 76.2 Å². The summed E-state index contributed by atoms with van der Waals surface area (Å²) in [6.45, 7) is 2.00. The fourth-order valence-electron chi connectivity index (χ4n) is 6.45. The number of nitrogens with one attached hydrogen (secondary N) is 2. The lowest BCUT2D eigenvalue weighted by molar-refractivity contribution is -0.198.